The molecule has 0 saturated carbocycles. The van der Waals surface area contributed by atoms with Crippen LogP contribution in [0.4, 0.5) is 0 Å². The zero-order chi connectivity index (χ0) is 13.3. The first kappa shape index (κ1) is 16.7. The fourth-order valence-electron chi connectivity index (χ4n) is 1.77. The summed E-state index contributed by atoms with van der Waals surface area (Å²) in [6.45, 7) is 10.2. The second-order valence-corrected chi connectivity index (χ2v) is 11.9. The molecule has 1 aliphatic heterocycles. The molecule has 0 aromatic carbocycles. The maximum atomic E-state index is 5.84. The molecule has 0 bridgehead atoms. The summed E-state index contributed by atoms with van der Waals surface area (Å²) in [5.74, 6) is 0. The first-order valence-corrected chi connectivity index (χ1v) is 12.4. The summed E-state index contributed by atoms with van der Waals surface area (Å²) in [7, 11) is 0. The monoisotopic (exact) mass is 370 g/mol. The van der Waals surface area contributed by atoms with Crippen molar-refractivity contribution in [3.05, 3.63) is 0 Å². The van der Waals surface area contributed by atoms with E-state index in [1.165, 1.54) is 0 Å². The van der Waals surface area contributed by atoms with Crippen LogP contribution in [0.1, 0.15) is 27.2 Å². The molecular formula is C12H26O5Sn. The van der Waals surface area contributed by atoms with Gasteiger partial charge in [0.05, 0.1) is 0 Å². The predicted molar refractivity (Wildman–Crippen MR) is 70.6 cm³/mol. The van der Waals surface area contributed by atoms with Gasteiger partial charge in [0.15, 0.2) is 0 Å². The SMILES string of the molecule is CC[O][Sn]([CH2]CCOCC1CO1)([O]CC)[O]CC. The summed E-state index contributed by atoms with van der Waals surface area (Å²) in [6.07, 6.45) is 1.27. The Bertz CT molecular complexity index is 194. The van der Waals surface area contributed by atoms with Crippen molar-refractivity contribution >= 4 is 19.6 Å². The molecule has 1 unspecified atom stereocenters. The fourth-order valence-corrected chi connectivity index (χ4v) is 9.13. The van der Waals surface area contributed by atoms with Crippen LogP contribution in [0, 0.1) is 0 Å². The summed E-state index contributed by atoms with van der Waals surface area (Å²) in [6, 6.07) is 0. The van der Waals surface area contributed by atoms with Crippen molar-refractivity contribution in [2.24, 2.45) is 0 Å². The van der Waals surface area contributed by atoms with Gasteiger partial charge in [0.2, 0.25) is 0 Å². The van der Waals surface area contributed by atoms with Gasteiger partial charge >= 0.3 is 116 Å². The Hall–Kier alpha value is 0.599. The Morgan fingerprint density at radius 2 is 1.61 bits per heavy atom. The van der Waals surface area contributed by atoms with Crippen molar-refractivity contribution in [3.8, 4) is 0 Å². The van der Waals surface area contributed by atoms with Gasteiger partial charge < -0.3 is 0 Å². The van der Waals surface area contributed by atoms with E-state index < -0.39 is 19.6 Å². The first-order chi connectivity index (χ1) is 8.76. The molecule has 0 aromatic rings. The molecule has 18 heavy (non-hydrogen) atoms. The van der Waals surface area contributed by atoms with Gasteiger partial charge in [-0.25, -0.2) is 0 Å². The quantitative estimate of drug-likeness (QED) is 0.299. The van der Waals surface area contributed by atoms with E-state index in [0.717, 1.165) is 24.1 Å². The van der Waals surface area contributed by atoms with E-state index >= 15 is 0 Å². The summed E-state index contributed by atoms with van der Waals surface area (Å²) in [5.41, 5.74) is 0. The molecule has 1 saturated heterocycles. The Labute approximate surface area is 116 Å². The third-order valence-corrected chi connectivity index (χ3v) is 11.6. The van der Waals surface area contributed by atoms with Crippen LogP contribution in [0.5, 0.6) is 0 Å². The molecule has 0 N–H and O–H groups in total. The normalized spacial score (nSPS) is 19.2. The van der Waals surface area contributed by atoms with E-state index in [1.807, 2.05) is 20.8 Å². The average Bonchev–Trinajstić information content (AvgIpc) is 3.14. The summed E-state index contributed by atoms with van der Waals surface area (Å²) in [4.78, 5) is 0. The van der Waals surface area contributed by atoms with Gasteiger partial charge in [0.25, 0.3) is 0 Å². The molecule has 0 amide bonds. The zero-order valence-corrected chi connectivity index (χ0v) is 14.6. The van der Waals surface area contributed by atoms with Crippen molar-refractivity contribution in [2.75, 3.05) is 39.6 Å². The molecule has 6 heteroatoms. The van der Waals surface area contributed by atoms with E-state index in [4.69, 9.17) is 18.7 Å². The molecule has 5 nitrogen and oxygen atoms in total. The molecule has 1 heterocycles. The summed E-state index contributed by atoms with van der Waals surface area (Å²) < 4.78 is 29.0. The van der Waals surface area contributed by atoms with Gasteiger partial charge in [-0.1, -0.05) is 0 Å². The van der Waals surface area contributed by atoms with Crippen LogP contribution in [-0.2, 0) is 18.7 Å². The molecule has 1 atom stereocenters. The zero-order valence-electron chi connectivity index (χ0n) is 11.8. The van der Waals surface area contributed by atoms with Crippen molar-refractivity contribution in [1.82, 2.24) is 0 Å². The molecule has 1 aliphatic rings. The Kier molecular flexibility index (Phi) is 8.78. The predicted octanol–water partition coefficient (Wildman–Crippen LogP) is 1.84. The van der Waals surface area contributed by atoms with Crippen molar-refractivity contribution in [2.45, 2.75) is 37.7 Å². The van der Waals surface area contributed by atoms with Gasteiger partial charge in [-0.15, -0.1) is 0 Å². The van der Waals surface area contributed by atoms with Crippen LogP contribution < -0.4 is 0 Å². The summed E-state index contributed by atoms with van der Waals surface area (Å²) in [5, 5.41) is 0. The van der Waals surface area contributed by atoms with E-state index in [1.54, 1.807) is 0 Å². The van der Waals surface area contributed by atoms with Crippen molar-refractivity contribution in [1.29, 1.82) is 0 Å². The number of ether oxygens (including phenoxy) is 2. The van der Waals surface area contributed by atoms with Crippen LogP contribution in [-0.4, -0.2) is 65.4 Å². The third kappa shape index (κ3) is 6.67. The molecule has 0 aliphatic carbocycles. The van der Waals surface area contributed by atoms with Crippen LogP contribution in [0.25, 0.3) is 0 Å². The van der Waals surface area contributed by atoms with E-state index in [-0.39, 0.29) is 0 Å². The molecule has 0 spiro atoms. The van der Waals surface area contributed by atoms with Crippen LogP contribution in [0.15, 0.2) is 0 Å². The van der Waals surface area contributed by atoms with Gasteiger partial charge in [-0.05, 0) is 0 Å². The van der Waals surface area contributed by atoms with Crippen molar-refractivity contribution < 1.29 is 18.7 Å². The number of rotatable bonds is 12. The second-order valence-electron chi connectivity index (χ2n) is 4.12. The number of hydrogen-bond donors (Lipinski definition) is 0. The van der Waals surface area contributed by atoms with Crippen LogP contribution in [0.3, 0.4) is 0 Å². The van der Waals surface area contributed by atoms with Crippen LogP contribution >= 0.6 is 0 Å². The topological polar surface area (TPSA) is 49.5 Å². The fraction of sp³-hybridized carbons (Fsp3) is 1.00. The second kappa shape index (κ2) is 9.49. The van der Waals surface area contributed by atoms with E-state index in [0.29, 0.717) is 32.5 Å². The standard InChI is InChI=1S/C6H11O2.3C2H5O.Sn/c1-2-3-7-4-6-5-8-6;3*1-2-3;/h6H,1-5H2;3*2H2,1H3;/q;3*-1;+3. The molecule has 0 aromatic heterocycles. The number of hydrogen-bond acceptors (Lipinski definition) is 5. The molecule has 1 fully saturated rings. The van der Waals surface area contributed by atoms with Gasteiger partial charge in [0, 0.05) is 0 Å². The molecule has 108 valence electrons. The molecule has 0 radical (unpaired) electrons. The van der Waals surface area contributed by atoms with Crippen molar-refractivity contribution in [3.63, 3.8) is 0 Å². The first-order valence-electron chi connectivity index (χ1n) is 6.87. The Balaban J connectivity index is 2.22. The van der Waals surface area contributed by atoms with E-state index in [2.05, 4.69) is 0 Å². The Morgan fingerprint density at radius 1 is 1.06 bits per heavy atom. The molecule has 1 rings (SSSR count). The molecular weight excluding hydrogens is 343 g/mol. The van der Waals surface area contributed by atoms with Gasteiger partial charge in [0.1, 0.15) is 0 Å². The average molecular weight is 369 g/mol. The van der Waals surface area contributed by atoms with Gasteiger partial charge in [-0.2, -0.15) is 0 Å². The summed E-state index contributed by atoms with van der Waals surface area (Å²) >= 11 is -3.27. The minimum atomic E-state index is -3.27. The third-order valence-electron chi connectivity index (χ3n) is 2.57. The van der Waals surface area contributed by atoms with E-state index in [9.17, 15) is 0 Å². The minimum absolute atomic E-state index is 0.337. The van der Waals surface area contributed by atoms with Crippen LogP contribution in [0.2, 0.25) is 4.44 Å². The maximum absolute atomic E-state index is 5.84. The van der Waals surface area contributed by atoms with Gasteiger partial charge in [-0.3, -0.25) is 0 Å². The number of epoxide rings is 1. The Morgan fingerprint density at radius 3 is 2.06 bits per heavy atom.